The molecule has 0 bridgehead atoms. The van der Waals surface area contributed by atoms with Crippen LogP contribution in [0.1, 0.15) is 33.1 Å². The van der Waals surface area contributed by atoms with Crippen molar-refractivity contribution in [1.82, 2.24) is 4.90 Å². The highest BCUT2D eigenvalue weighted by atomic mass is 16.7. The largest absolute Gasteiger partial charge is 0.497 e. The smallest absolute Gasteiger partial charge is 0.299 e. The summed E-state index contributed by atoms with van der Waals surface area (Å²) in [7, 11) is 1.54. The fourth-order valence-electron chi connectivity index (χ4n) is 5.37. The van der Waals surface area contributed by atoms with Crippen LogP contribution in [0.2, 0.25) is 0 Å². The second-order valence-corrected chi connectivity index (χ2v) is 10.4. The van der Waals surface area contributed by atoms with Crippen LogP contribution in [-0.4, -0.2) is 48.9 Å². The Bertz CT molecular complexity index is 1770. The first kappa shape index (κ1) is 28.5. The van der Waals surface area contributed by atoms with Gasteiger partial charge in [0, 0.05) is 18.3 Å². The van der Waals surface area contributed by atoms with Crippen LogP contribution in [0.3, 0.4) is 0 Å². The molecule has 4 aromatic rings. The second-order valence-electron chi connectivity index (χ2n) is 10.4. The van der Waals surface area contributed by atoms with Crippen molar-refractivity contribution >= 4 is 34.9 Å². The van der Waals surface area contributed by atoms with Gasteiger partial charge < -0.3 is 24.4 Å². The summed E-state index contributed by atoms with van der Waals surface area (Å²) < 4.78 is 16.2. The molecule has 0 aliphatic carbocycles. The molecule has 1 unspecified atom stereocenters. The molecule has 222 valence electrons. The number of aryl methyl sites for hydroxylation is 1. The fraction of sp³-hybridized carbons (Fsp3) is 0.176. The standard InChI is InChI=1S/C34H29N3O7/c1-21-7-3-4-8-23(21)18-37(30(38)19-36-27-10-6-5-9-26(27)32(39)34(36)41)31(22-11-14-25(42-2)15-12-22)33(40)35-24-13-16-28-29(17-24)44-20-43-28/h3-17,31H,18-20H2,1-2H3,(H,35,40). The quantitative estimate of drug-likeness (QED) is 0.282. The molecule has 10 nitrogen and oxygen atoms in total. The molecule has 3 amide bonds. The minimum absolute atomic E-state index is 0.0639. The number of fused-ring (bicyclic) bond motifs is 2. The first-order valence-electron chi connectivity index (χ1n) is 14.0. The summed E-state index contributed by atoms with van der Waals surface area (Å²) in [6.07, 6.45) is 0. The van der Waals surface area contributed by atoms with E-state index in [0.717, 1.165) is 11.1 Å². The predicted octanol–water partition coefficient (Wildman–Crippen LogP) is 4.67. The van der Waals surface area contributed by atoms with E-state index >= 15 is 0 Å². The topological polar surface area (TPSA) is 114 Å². The average Bonchev–Trinajstić information content (AvgIpc) is 3.60. The maximum atomic E-state index is 14.3. The zero-order valence-corrected chi connectivity index (χ0v) is 24.1. The maximum absolute atomic E-state index is 14.3. The summed E-state index contributed by atoms with van der Waals surface area (Å²) in [5.74, 6) is -0.831. The van der Waals surface area contributed by atoms with E-state index in [4.69, 9.17) is 14.2 Å². The SMILES string of the molecule is COc1ccc(C(C(=O)Nc2ccc3c(c2)OCO3)N(Cc2ccccc2C)C(=O)CN2C(=O)C(=O)c3ccccc32)cc1. The third-order valence-corrected chi connectivity index (χ3v) is 7.73. The summed E-state index contributed by atoms with van der Waals surface area (Å²) in [5.41, 5.74) is 3.32. The highest BCUT2D eigenvalue weighted by molar-refractivity contribution is 6.52. The summed E-state index contributed by atoms with van der Waals surface area (Å²) in [5, 5.41) is 2.93. The minimum atomic E-state index is -1.12. The van der Waals surface area contributed by atoms with Crippen molar-refractivity contribution in [2.75, 3.05) is 30.7 Å². The van der Waals surface area contributed by atoms with Gasteiger partial charge in [-0.15, -0.1) is 0 Å². The predicted molar refractivity (Wildman–Crippen MR) is 162 cm³/mol. The van der Waals surface area contributed by atoms with Crippen LogP contribution >= 0.6 is 0 Å². The van der Waals surface area contributed by atoms with Crippen molar-refractivity contribution in [2.24, 2.45) is 0 Å². The van der Waals surface area contributed by atoms with Gasteiger partial charge in [-0.3, -0.25) is 24.1 Å². The molecule has 2 aliphatic rings. The van der Waals surface area contributed by atoms with Crippen molar-refractivity contribution in [2.45, 2.75) is 19.5 Å². The number of nitrogens with zero attached hydrogens (tertiary/aromatic N) is 2. The lowest BCUT2D eigenvalue weighted by Gasteiger charge is -2.33. The number of ketones is 1. The van der Waals surface area contributed by atoms with Crippen molar-refractivity contribution < 1.29 is 33.4 Å². The van der Waals surface area contributed by atoms with E-state index < -0.39 is 36.1 Å². The van der Waals surface area contributed by atoms with Gasteiger partial charge in [-0.05, 0) is 60.0 Å². The van der Waals surface area contributed by atoms with E-state index in [0.29, 0.717) is 34.2 Å². The van der Waals surface area contributed by atoms with E-state index in [1.54, 1.807) is 73.8 Å². The van der Waals surface area contributed by atoms with Crippen LogP contribution < -0.4 is 24.4 Å². The minimum Gasteiger partial charge on any atom is -0.497 e. The highest BCUT2D eigenvalue weighted by Gasteiger charge is 2.39. The summed E-state index contributed by atoms with van der Waals surface area (Å²) in [4.78, 5) is 56.8. The number of methoxy groups -OCH3 is 1. The first-order chi connectivity index (χ1) is 21.3. The van der Waals surface area contributed by atoms with Gasteiger partial charge in [0.15, 0.2) is 11.5 Å². The van der Waals surface area contributed by atoms with Crippen LogP contribution in [0.15, 0.2) is 91.0 Å². The Balaban J connectivity index is 1.40. The molecule has 1 atom stereocenters. The third-order valence-electron chi connectivity index (χ3n) is 7.73. The molecule has 2 aliphatic heterocycles. The Labute approximate surface area is 253 Å². The van der Waals surface area contributed by atoms with Gasteiger partial charge in [-0.2, -0.15) is 0 Å². The maximum Gasteiger partial charge on any atom is 0.299 e. The molecule has 0 spiro atoms. The molecule has 0 saturated carbocycles. The van der Waals surface area contributed by atoms with E-state index in [9.17, 15) is 19.2 Å². The Morgan fingerprint density at radius 3 is 2.43 bits per heavy atom. The Kier molecular flexibility index (Phi) is 7.72. The second kappa shape index (κ2) is 11.9. The van der Waals surface area contributed by atoms with E-state index in [-0.39, 0.29) is 18.9 Å². The first-order valence-corrected chi connectivity index (χ1v) is 14.0. The number of benzene rings is 4. The molecular weight excluding hydrogens is 562 g/mol. The average molecular weight is 592 g/mol. The van der Waals surface area contributed by atoms with Crippen molar-refractivity contribution in [3.05, 3.63) is 113 Å². The summed E-state index contributed by atoms with van der Waals surface area (Å²) in [6, 6.07) is 24.9. The number of hydrogen-bond donors (Lipinski definition) is 1. The van der Waals surface area contributed by atoms with Crippen LogP contribution in [-0.2, 0) is 20.9 Å². The number of rotatable bonds is 9. The Morgan fingerprint density at radius 1 is 0.932 bits per heavy atom. The molecule has 4 aromatic carbocycles. The Morgan fingerprint density at radius 2 is 1.66 bits per heavy atom. The lowest BCUT2D eigenvalue weighted by molar-refractivity contribution is -0.139. The van der Waals surface area contributed by atoms with E-state index in [1.165, 1.54) is 9.80 Å². The van der Waals surface area contributed by atoms with Gasteiger partial charge in [0.1, 0.15) is 18.3 Å². The molecular formula is C34H29N3O7. The van der Waals surface area contributed by atoms with Crippen molar-refractivity contribution in [3.8, 4) is 17.2 Å². The van der Waals surface area contributed by atoms with Gasteiger partial charge in [0.05, 0.1) is 18.4 Å². The third kappa shape index (κ3) is 5.45. The lowest BCUT2D eigenvalue weighted by atomic mass is 10.0. The molecule has 0 radical (unpaired) electrons. The van der Waals surface area contributed by atoms with E-state index in [1.807, 2.05) is 31.2 Å². The number of hydrogen-bond acceptors (Lipinski definition) is 7. The number of anilines is 2. The van der Waals surface area contributed by atoms with Crippen LogP contribution in [0, 0.1) is 6.92 Å². The summed E-state index contributed by atoms with van der Waals surface area (Å²) >= 11 is 0. The van der Waals surface area contributed by atoms with Crippen LogP contribution in [0.4, 0.5) is 11.4 Å². The van der Waals surface area contributed by atoms with Gasteiger partial charge in [0.25, 0.3) is 17.6 Å². The molecule has 0 fully saturated rings. The van der Waals surface area contributed by atoms with Gasteiger partial charge >= 0.3 is 0 Å². The number of nitrogens with one attached hydrogen (secondary N) is 1. The van der Waals surface area contributed by atoms with Gasteiger partial charge in [-0.1, -0.05) is 48.5 Å². The summed E-state index contributed by atoms with van der Waals surface area (Å²) in [6.45, 7) is 1.64. The van der Waals surface area contributed by atoms with Crippen LogP contribution in [0.25, 0.3) is 0 Å². The number of para-hydroxylation sites is 1. The van der Waals surface area contributed by atoms with Crippen LogP contribution in [0.5, 0.6) is 17.2 Å². The lowest BCUT2D eigenvalue weighted by Crippen LogP contribution is -2.46. The zero-order chi connectivity index (χ0) is 30.8. The van der Waals surface area contributed by atoms with Crippen molar-refractivity contribution in [1.29, 1.82) is 0 Å². The zero-order valence-electron chi connectivity index (χ0n) is 24.1. The molecule has 0 aromatic heterocycles. The fourth-order valence-corrected chi connectivity index (χ4v) is 5.37. The van der Waals surface area contributed by atoms with Crippen molar-refractivity contribution in [3.63, 3.8) is 0 Å². The molecule has 1 N–H and O–H groups in total. The van der Waals surface area contributed by atoms with Gasteiger partial charge in [0.2, 0.25) is 12.7 Å². The number of ether oxygens (including phenoxy) is 3. The molecule has 0 saturated heterocycles. The molecule has 44 heavy (non-hydrogen) atoms. The normalized spacial score (nSPS) is 13.8. The monoisotopic (exact) mass is 591 g/mol. The molecule has 2 heterocycles. The molecule has 10 heteroatoms. The number of amides is 3. The highest BCUT2D eigenvalue weighted by Crippen LogP contribution is 2.36. The van der Waals surface area contributed by atoms with Gasteiger partial charge in [-0.25, -0.2) is 0 Å². The number of carbonyl (C=O) groups excluding carboxylic acids is 4. The number of Topliss-reactive ketones (excluding diaryl/α,β-unsaturated/α-hetero) is 1. The Hall–Kier alpha value is -5.64. The van der Waals surface area contributed by atoms with E-state index in [2.05, 4.69) is 5.32 Å². The molecule has 6 rings (SSSR count). The number of carbonyl (C=O) groups is 4.